The lowest BCUT2D eigenvalue weighted by atomic mass is 9.97. The molecule has 1 saturated heterocycles. The summed E-state index contributed by atoms with van der Waals surface area (Å²) in [6.45, 7) is 5.65. The third-order valence-corrected chi connectivity index (χ3v) is 3.23. The van der Waals surface area contributed by atoms with Crippen molar-refractivity contribution in [2.24, 2.45) is 5.73 Å². The van der Waals surface area contributed by atoms with Gasteiger partial charge in [0.2, 0.25) is 0 Å². The van der Waals surface area contributed by atoms with E-state index in [-0.39, 0.29) is 0 Å². The highest BCUT2D eigenvalue weighted by Gasteiger charge is 2.22. The molecule has 0 spiro atoms. The van der Waals surface area contributed by atoms with Gasteiger partial charge in [-0.25, -0.2) is 0 Å². The molecule has 1 fully saturated rings. The molecular formula is C13H20N2. The maximum atomic E-state index is 5.74. The van der Waals surface area contributed by atoms with E-state index in [1.165, 1.54) is 18.5 Å². The number of nitrogens with zero attached hydrogens (tertiary/aromatic N) is 1. The molecule has 1 aromatic rings. The van der Waals surface area contributed by atoms with Crippen molar-refractivity contribution >= 4 is 0 Å². The summed E-state index contributed by atoms with van der Waals surface area (Å²) in [6, 6.07) is 11.2. The summed E-state index contributed by atoms with van der Waals surface area (Å²) in [5, 5.41) is 0. The van der Waals surface area contributed by atoms with Crippen molar-refractivity contribution < 1.29 is 0 Å². The van der Waals surface area contributed by atoms with Gasteiger partial charge in [-0.15, -0.1) is 0 Å². The van der Waals surface area contributed by atoms with E-state index in [4.69, 9.17) is 5.73 Å². The Morgan fingerprint density at radius 3 is 2.60 bits per heavy atom. The highest BCUT2D eigenvalue weighted by molar-refractivity contribution is 5.18. The normalized spacial score (nSPS) is 19.9. The van der Waals surface area contributed by atoms with Gasteiger partial charge in [0.05, 0.1) is 0 Å². The Morgan fingerprint density at radius 1 is 1.33 bits per heavy atom. The Balaban J connectivity index is 1.75. The standard InChI is InChI=1S/C13H20N2/c1-11(12-5-3-2-4-6-12)7-8-15-9-13(14)10-15/h2-6,11,13H,7-10,14H2,1H3. The van der Waals surface area contributed by atoms with Crippen LogP contribution in [0.1, 0.15) is 24.8 Å². The zero-order valence-electron chi connectivity index (χ0n) is 9.39. The van der Waals surface area contributed by atoms with Crippen molar-refractivity contribution in [1.82, 2.24) is 4.90 Å². The van der Waals surface area contributed by atoms with Gasteiger partial charge in [0, 0.05) is 19.1 Å². The van der Waals surface area contributed by atoms with Crippen LogP contribution in [0.3, 0.4) is 0 Å². The Hall–Kier alpha value is -0.860. The zero-order valence-corrected chi connectivity index (χ0v) is 9.39. The molecule has 2 rings (SSSR count). The summed E-state index contributed by atoms with van der Waals surface area (Å²) in [5.41, 5.74) is 7.19. The van der Waals surface area contributed by atoms with Crippen LogP contribution in [0.4, 0.5) is 0 Å². The molecule has 2 N–H and O–H groups in total. The molecule has 82 valence electrons. The smallest absolute Gasteiger partial charge is 0.0297 e. The molecule has 1 atom stereocenters. The molecular weight excluding hydrogens is 184 g/mol. The number of nitrogens with two attached hydrogens (primary N) is 1. The first-order chi connectivity index (χ1) is 7.25. The van der Waals surface area contributed by atoms with E-state index < -0.39 is 0 Å². The van der Waals surface area contributed by atoms with Gasteiger partial charge in [0.15, 0.2) is 0 Å². The third-order valence-electron chi connectivity index (χ3n) is 3.23. The van der Waals surface area contributed by atoms with E-state index in [1.807, 2.05) is 0 Å². The SMILES string of the molecule is CC(CCN1CC(N)C1)c1ccccc1. The molecule has 0 saturated carbocycles. The molecule has 2 nitrogen and oxygen atoms in total. The minimum Gasteiger partial charge on any atom is -0.325 e. The summed E-state index contributed by atoms with van der Waals surface area (Å²) >= 11 is 0. The maximum Gasteiger partial charge on any atom is 0.0297 e. The Bertz CT molecular complexity index is 291. The molecule has 1 aromatic carbocycles. The molecule has 15 heavy (non-hydrogen) atoms. The van der Waals surface area contributed by atoms with Crippen molar-refractivity contribution in [3.63, 3.8) is 0 Å². The van der Waals surface area contributed by atoms with E-state index >= 15 is 0 Å². The first-order valence-electron chi connectivity index (χ1n) is 5.78. The van der Waals surface area contributed by atoms with Gasteiger partial charge < -0.3 is 10.6 Å². The lowest BCUT2D eigenvalue weighted by Gasteiger charge is -2.37. The van der Waals surface area contributed by atoms with E-state index in [1.54, 1.807) is 0 Å². The molecule has 2 heteroatoms. The van der Waals surface area contributed by atoms with Crippen molar-refractivity contribution in [1.29, 1.82) is 0 Å². The van der Waals surface area contributed by atoms with E-state index in [2.05, 4.69) is 42.2 Å². The number of rotatable bonds is 4. The third kappa shape index (κ3) is 2.80. The van der Waals surface area contributed by atoms with Crippen LogP contribution in [-0.4, -0.2) is 30.6 Å². The van der Waals surface area contributed by atoms with Gasteiger partial charge in [-0.2, -0.15) is 0 Å². The molecule has 1 aliphatic rings. The molecule has 0 aliphatic carbocycles. The number of hydrogen-bond donors (Lipinski definition) is 1. The number of likely N-dealkylation sites (tertiary alicyclic amines) is 1. The first kappa shape index (κ1) is 10.7. The van der Waals surface area contributed by atoms with Gasteiger partial charge >= 0.3 is 0 Å². The van der Waals surface area contributed by atoms with Crippen LogP contribution >= 0.6 is 0 Å². The monoisotopic (exact) mass is 204 g/mol. The van der Waals surface area contributed by atoms with Crippen LogP contribution < -0.4 is 5.73 Å². The average Bonchev–Trinajstić information content (AvgIpc) is 2.23. The summed E-state index contributed by atoms with van der Waals surface area (Å²) in [5.74, 6) is 0.656. The lowest BCUT2D eigenvalue weighted by Crippen LogP contribution is -2.55. The maximum absolute atomic E-state index is 5.74. The summed E-state index contributed by atoms with van der Waals surface area (Å²) in [6.07, 6.45) is 1.23. The topological polar surface area (TPSA) is 29.3 Å². The Kier molecular flexibility index (Phi) is 3.39. The number of hydrogen-bond acceptors (Lipinski definition) is 2. The van der Waals surface area contributed by atoms with Crippen molar-refractivity contribution in [2.45, 2.75) is 25.3 Å². The Morgan fingerprint density at radius 2 is 2.00 bits per heavy atom. The lowest BCUT2D eigenvalue weighted by molar-refractivity contribution is 0.146. The minimum atomic E-state index is 0.428. The molecule has 1 heterocycles. The van der Waals surface area contributed by atoms with Gasteiger partial charge in [-0.1, -0.05) is 37.3 Å². The van der Waals surface area contributed by atoms with Gasteiger partial charge in [-0.05, 0) is 24.4 Å². The Labute approximate surface area is 92.1 Å². The van der Waals surface area contributed by atoms with Crippen LogP contribution in [0, 0.1) is 0 Å². The van der Waals surface area contributed by atoms with Crippen LogP contribution in [0.25, 0.3) is 0 Å². The first-order valence-corrected chi connectivity index (χ1v) is 5.78. The highest BCUT2D eigenvalue weighted by Crippen LogP contribution is 2.19. The number of benzene rings is 1. The van der Waals surface area contributed by atoms with Crippen LogP contribution in [0.5, 0.6) is 0 Å². The molecule has 0 aromatic heterocycles. The zero-order chi connectivity index (χ0) is 10.7. The van der Waals surface area contributed by atoms with Crippen LogP contribution in [0.15, 0.2) is 30.3 Å². The summed E-state index contributed by atoms with van der Waals surface area (Å²) < 4.78 is 0. The molecule has 1 unspecified atom stereocenters. The molecule has 1 aliphatic heterocycles. The molecule has 0 bridgehead atoms. The predicted molar refractivity (Wildman–Crippen MR) is 63.9 cm³/mol. The van der Waals surface area contributed by atoms with E-state index in [9.17, 15) is 0 Å². The van der Waals surface area contributed by atoms with Crippen molar-refractivity contribution in [3.8, 4) is 0 Å². The quantitative estimate of drug-likeness (QED) is 0.810. The van der Waals surface area contributed by atoms with Gasteiger partial charge in [-0.3, -0.25) is 0 Å². The predicted octanol–water partition coefficient (Wildman–Crippen LogP) is 1.82. The average molecular weight is 204 g/mol. The van der Waals surface area contributed by atoms with Crippen molar-refractivity contribution in [2.75, 3.05) is 19.6 Å². The van der Waals surface area contributed by atoms with Crippen molar-refractivity contribution in [3.05, 3.63) is 35.9 Å². The van der Waals surface area contributed by atoms with E-state index in [0.717, 1.165) is 13.1 Å². The minimum absolute atomic E-state index is 0.428. The highest BCUT2D eigenvalue weighted by atomic mass is 15.2. The second kappa shape index (κ2) is 4.77. The fraction of sp³-hybridized carbons (Fsp3) is 0.538. The summed E-state index contributed by atoms with van der Waals surface area (Å²) in [4.78, 5) is 2.43. The second-order valence-corrected chi connectivity index (χ2v) is 4.62. The second-order valence-electron chi connectivity index (χ2n) is 4.62. The van der Waals surface area contributed by atoms with Crippen LogP contribution in [-0.2, 0) is 0 Å². The van der Waals surface area contributed by atoms with Gasteiger partial charge in [0.1, 0.15) is 0 Å². The largest absolute Gasteiger partial charge is 0.325 e. The van der Waals surface area contributed by atoms with E-state index in [0.29, 0.717) is 12.0 Å². The fourth-order valence-electron chi connectivity index (χ4n) is 2.12. The van der Waals surface area contributed by atoms with Gasteiger partial charge in [0.25, 0.3) is 0 Å². The molecule has 0 radical (unpaired) electrons. The molecule has 0 amide bonds. The van der Waals surface area contributed by atoms with Crippen LogP contribution in [0.2, 0.25) is 0 Å². The fourth-order valence-corrected chi connectivity index (χ4v) is 2.12. The summed E-state index contributed by atoms with van der Waals surface area (Å²) in [7, 11) is 0.